The molecule has 4 heteroatoms. The van der Waals surface area contributed by atoms with E-state index in [2.05, 4.69) is 21.4 Å². The summed E-state index contributed by atoms with van der Waals surface area (Å²) in [4.78, 5) is 8.70. The zero-order valence-corrected chi connectivity index (χ0v) is 10.8. The zero-order chi connectivity index (χ0) is 13.0. The van der Waals surface area contributed by atoms with Gasteiger partial charge in [-0.2, -0.15) is 0 Å². The highest BCUT2D eigenvalue weighted by Crippen LogP contribution is 2.10. The van der Waals surface area contributed by atoms with E-state index in [1.807, 2.05) is 38.1 Å². The van der Waals surface area contributed by atoms with Crippen LogP contribution < -0.4 is 11.1 Å². The first kappa shape index (κ1) is 12.5. The third-order valence-corrected chi connectivity index (χ3v) is 2.76. The lowest BCUT2D eigenvalue weighted by Crippen LogP contribution is -2.08. The summed E-state index contributed by atoms with van der Waals surface area (Å²) in [6, 6.07) is 10.1. The van der Waals surface area contributed by atoms with E-state index < -0.39 is 0 Å². The molecule has 94 valence electrons. The highest BCUT2D eigenvalue weighted by Gasteiger charge is 2.02. The van der Waals surface area contributed by atoms with Gasteiger partial charge in [-0.25, -0.2) is 9.97 Å². The van der Waals surface area contributed by atoms with Gasteiger partial charge < -0.3 is 11.1 Å². The summed E-state index contributed by atoms with van der Waals surface area (Å²) in [6.07, 6.45) is 0. The van der Waals surface area contributed by atoms with Crippen molar-refractivity contribution in [1.29, 1.82) is 0 Å². The first-order chi connectivity index (χ1) is 8.69. The minimum absolute atomic E-state index is 0.547. The van der Waals surface area contributed by atoms with Crippen LogP contribution in [0.25, 0.3) is 0 Å². The number of nitrogens with one attached hydrogen (secondary N) is 1. The van der Waals surface area contributed by atoms with E-state index >= 15 is 0 Å². The molecule has 3 N–H and O–H groups in total. The van der Waals surface area contributed by atoms with Crippen molar-refractivity contribution in [2.24, 2.45) is 5.73 Å². The Labute approximate surface area is 107 Å². The molecule has 1 aromatic heterocycles. The molecule has 0 radical (unpaired) electrons. The summed E-state index contributed by atoms with van der Waals surface area (Å²) in [5.41, 5.74) is 9.98. The second kappa shape index (κ2) is 5.60. The van der Waals surface area contributed by atoms with Gasteiger partial charge in [-0.1, -0.05) is 24.3 Å². The number of hydrogen-bond donors (Lipinski definition) is 2. The molecule has 0 aliphatic rings. The topological polar surface area (TPSA) is 63.8 Å². The molecule has 1 heterocycles. The lowest BCUT2D eigenvalue weighted by atomic mass is 10.1. The van der Waals surface area contributed by atoms with Crippen LogP contribution in [0.15, 0.2) is 30.3 Å². The molecular weight excluding hydrogens is 224 g/mol. The van der Waals surface area contributed by atoms with Crippen LogP contribution >= 0.6 is 0 Å². The molecule has 0 aliphatic carbocycles. The van der Waals surface area contributed by atoms with Crippen molar-refractivity contribution < 1.29 is 0 Å². The molecule has 1 aromatic carbocycles. The Morgan fingerprint density at radius 3 is 2.28 bits per heavy atom. The Bertz CT molecular complexity index is 517. The van der Waals surface area contributed by atoms with Crippen molar-refractivity contribution in [2.75, 3.05) is 5.32 Å². The average Bonchev–Trinajstić information content (AvgIpc) is 2.35. The largest absolute Gasteiger partial charge is 0.350 e. The molecule has 0 atom stereocenters. The molecule has 2 rings (SSSR count). The van der Waals surface area contributed by atoms with Gasteiger partial charge in [0.15, 0.2) is 0 Å². The fourth-order valence-electron chi connectivity index (χ4n) is 1.91. The summed E-state index contributed by atoms with van der Waals surface area (Å²) in [5.74, 6) is 0.666. The third-order valence-electron chi connectivity index (χ3n) is 2.76. The van der Waals surface area contributed by atoms with Crippen LogP contribution in [-0.4, -0.2) is 9.97 Å². The van der Waals surface area contributed by atoms with Crippen LogP contribution in [0.4, 0.5) is 5.95 Å². The van der Waals surface area contributed by atoms with Gasteiger partial charge in [-0.15, -0.1) is 0 Å². The Morgan fingerprint density at radius 1 is 1.06 bits per heavy atom. The van der Waals surface area contributed by atoms with Gasteiger partial charge in [0.2, 0.25) is 5.95 Å². The number of aromatic nitrogens is 2. The molecule has 0 saturated carbocycles. The first-order valence-corrected chi connectivity index (χ1v) is 6.02. The van der Waals surface area contributed by atoms with Crippen LogP contribution in [0.3, 0.4) is 0 Å². The van der Waals surface area contributed by atoms with Crippen LogP contribution in [-0.2, 0) is 13.1 Å². The smallest absolute Gasteiger partial charge is 0.223 e. The number of nitrogens with two attached hydrogens (primary N) is 1. The summed E-state index contributed by atoms with van der Waals surface area (Å²) < 4.78 is 0. The van der Waals surface area contributed by atoms with Crippen molar-refractivity contribution in [1.82, 2.24) is 9.97 Å². The van der Waals surface area contributed by atoms with Crippen LogP contribution in [0.2, 0.25) is 0 Å². The fourth-order valence-corrected chi connectivity index (χ4v) is 1.91. The predicted octanol–water partition coefficient (Wildman–Crippen LogP) is 2.16. The zero-order valence-electron chi connectivity index (χ0n) is 10.8. The molecule has 0 fully saturated rings. The van der Waals surface area contributed by atoms with Crippen molar-refractivity contribution in [3.8, 4) is 0 Å². The van der Waals surface area contributed by atoms with Gasteiger partial charge in [-0.05, 0) is 31.0 Å². The van der Waals surface area contributed by atoms with E-state index in [1.54, 1.807) is 0 Å². The lowest BCUT2D eigenvalue weighted by molar-refractivity contribution is 0.971. The van der Waals surface area contributed by atoms with Crippen molar-refractivity contribution in [3.05, 3.63) is 52.8 Å². The second-order valence-electron chi connectivity index (χ2n) is 4.30. The molecule has 0 aliphatic heterocycles. The number of benzene rings is 1. The molecule has 0 spiro atoms. The summed E-state index contributed by atoms with van der Waals surface area (Å²) in [6.45, 7) is 5.17. The van der Waals surface area contributed by atoms with Crippen LogP contribution in [0.1, 0.15) is 22.5 Å². The maximum absolute atomic E-state index is 5.71. The van der Waals surface area contributed by atoms with E-state index in [0.717, 1.165) is 17.0 Å². The van der Waals surface area contributed by atoms with Crippen molar-refractivity contribution >= 4 is 5.95 Å². The molecule has 0 bridgehead atoms. The molecule has 4 nitrogen and oxygen atoms in total. The SMILES string of the molecule is Cc1cc(C)nc(NCc2ccccc2CN)n1. The highest BCUT2D eigenvalue weighted by atomic mass is 15.1. The monoisotopic (exact) mass is 242 g/mol. The molecule has 2 aromatic rings. The average molecular weight is 242 g/mol. The van der Waals surface area contributed by atoms with Crippen LogP contribution in [0, 0.1) is 13.8 Å². The lowest BCUT2D eigenvalue weighted by Gasteiger charge is -2.09. The fraction of sp³-hybridized carbons (Fsp3) is 0.286. The van der Waals surface area contributed by atoms with Gasteiger partial charge in [0.1, 0.15) is 0 Å². The van der Waals surface area contributed by atoms with Crippen molar-refractivity contribution in [2.45, 2.75) is 26.9 Å². The number of nitrogens with zero attached hydrogens (tertiary/aromatic N) is 2. The van der Waals surface area contributed by atoms with E-state index in [4.69, 9.17) is 5.73 Å². The first-order valence-electron chi connectivity index (χ1n) is 6.02. The van der Waals surface area contributed by atoms with E-state index in [9.17, 15) is 0 Å². The van der Waals surface area contributed by atoms with Gasteiger partial charge >= 0.3 is 0 Å². The Balaban J connectivity index is 2.11. The highest BCUT2D eigenvalue weighted by molar-refractivity contribution is 5.33. The summed E-state index contributed by atoms with van der Waals surface area (Å²) in [7, 11) is 0. The van der Waals surface area contributed by atoms with Gasteiger partial charge in [0, 0.05) is 24.5 Å². The molecule has 18 heavy (non-hydrogen) atoms. The molecule has 0 saturated heterocycles. The maximum atomic E-state index is 5.71. The van der Waals surface area contributed by atoms with E-state index in [-0.39, 0.29) is 0 Å². The quantitative estimate of drug-likeness (QED) is 0.862. The van der Waals surface area contributed by atoms with E-state index in [0.29, 0.717) is 19.0 Å². The maximum Gasteiger partial charge on any atom is 0.223 e. The normalized spacial score (nSPS) is 10.4. The number of rotatable bonds is 4. The molecule has 0 amide bonds. The van der Waals surface area contributed by atoms with Crippen molar-refractivity contribution in [3.63, 3.8) is 0 Å². The van der Waals surface area contributed by atoms with Gasteiger partial charge in [0.05, 0.1) is 0 Å². The number of hydrogen-bond acceptors (Lipinski definition) is 4. The predicted molar refractivity (Wildman–Crippen MR) is 73.2 cm³/mol. The number of aryl methyl sites for hydroxylation is 2. The minimum atomic E-state index is 0.547. The Kier molecular flexibility index (Phi) is 3.89. The van der Waals surface area contributed by atoms with Crippen LogP contribution in [0.5, 0.6) is 0 Å². The summed E-state index contributed by atoms with van der Waals surface area (Å²) >= 11 is 0. The molecule has 0 unspecified atom stereocenters. The van der Waals surface area contributed by atoms with Gasteiger partial charge in [0.25, 0.3) is 0 Å². The van der Waals surface area contributed by atoms with Gasteiger partial charge in [-0.3, -0.25) is 0 Å². The number of anilines is 1. The Morgan fingerprint density at radius 2 is 1.67 bits per heavy atom. The van der Waals surface area contributed by atoms with E-state index in [1.165, 1.54) is 5.56 Å². The third kappa shape index (κ3) is 3.05. The molecular formula is C14H18N4. The minimum Gasteiger partial charge on any atom is -0.350 e. The standard InChI is InChI=1S/C14H18N4/c1-10-7-11(2)18-14(17-10)16-9-13-6-4-3-5-12(13)8-15/h3-7H,8-9,15H2,1-2H3,(H,16,17,18). The summed E-state index contributed by atoms with van der Waals surface area (Å²) in [5, 5.41) is 3.24. The Hall–Kier alpha value is -1.94. The second-order valence-corrected chi connectivity index (χ2v) is 4.30.